The molecule has 3 nitrogen and oxygen atoms in total. The highest BCUT2D eigenvalue weighted by molar-refractivity contribution is 5.39. The van der Waals surface area contributed by atoms with Crippen LogP contribution in [0.2, 0.25) is 0 Å². The molecule has 0 fully saturated rings. The molecule has 0 aliphatic rings. The third-order valence-corrected chi connectivity index (χ3v) is 2.62. The Hall–Kier alpha value is -1.22. The molecule has 0 heterocycles. The zero-order valence-electron chi connectivity index (χ0n) is 11.5. The van der Waals surface area contributed by atoms with Crippen LogP contribution in [0.5, 0.6) is 11.5 Å². The van der Waals surface area contributed by atoms with Gasteiger partial charge in [0.1, 0.15) is 0 Å². The monoisotopic (exact) mass is 251 g/mol. The van der Waals surface area contributed by atoms with E-state index in [-0.39, 0.29) is 6.04 Å². The van der Waals surface area contributed by atoms with Gasteiger partial charge in [0.15, 0.2) is 11.5 Å². The molecular formula is C15H25NO2. The quantitative estimate of drug-likeness (QED) is 0.684. The average molecular weight is 251 g/mol. The van der Waals surface area contributed by atoms with E-state index in [1.54, 1.807) is 0 Å². The lowest BCUT2D eigenvalue weighted by Crippen LogP contribution is -2.14. The first-order valence-electron chi connectivity index (χ1n) is 6.84. The molecule has 102 valence electrons. The van der Waals surface area contributed by atoms with Crippen molar-refractivity contribution in [2.75, 3.05) is 13.2 Å². The van der Waals surface area contributed by atoms with E-state index in [0.29, 0.717) is 0 Å². The molecular weight excluding hydrogens is 226 g/mol. The number of benzene rings is 1. The first-order chi connectivity index (χ1) is 8.74. The summed E-state index contributed by atoms with van der Waals surface area (Å²) in [7, 11) is 0. The van der Waals surface area contributed by atoms with E-state index in [1.165, 1.54) is 0 Å². The van der Waals surface area contributed by atoms with Crippen molar-refractivity contribution < 1.29 is 9.47 Å². The fourth-order valence-corrected chi connectivity index (χ4v) is 1.65. The molecule has 0 saturated carbocycles. The zero-order chi connectivity index (χ0) is 13.2. The lowest BCUT2D eigenvalue weighted by molar-refractivity contribution is 0.263. The van der Waals surface area contributed by atoms with Gasteiger partial charge >= 0.3 is 0 Å². The Kier molecular flexibility index (Phi) is 7.26. The van der Waals surface area contributed by atoms with Gasteiger partial charge in [-0.05, 0) is 44.7 Å². The summed E-state index contributed by atoms with van der Waals surface area (Å²) in [5.41, 5.74) is 5.70. The summed E-state index contributed by atoms with van der Waals surface area (Å²) >= 11 is 0. The van der Waals surface area contributed by atoms with Crippen molar-refractivity contribution in [3.05, 3.63) is 24.3 Å². The van der Waals surface area contributed by atoms with Gasteiger partial charge in [0.05, 0.1) is 13.2 Å². The predicted molar refractivity (Wildman–Crippen MR) is 75.2 cm³/mol. The van der Waals surface area contributed by atoms with Crippen molar-refractivity contribution in [1.29, 1.82) is 0 Å². The van der Waals surface area contributed by atoms with Crippen LogP contribution in [0.4, 0.5) is 0 Å². The Labute approximate surface area is 110 Å². The van der Waals surface area contributed by atoms with Crippen molar-refractivity contribution in [2.24, 2.45) is 5.73 Å². The second kappa shape index (κ2) is 8.81. The van der Waals surface area contributed by atoms with Gasteiger partial charge < -0.3 is 15.2 Å². The summed E-state index contributed by atoms with van der Waals surface area (Å²) in [6.07, 6.45) is 4.19. The Morgan fingerprint density at radius 3 is 2.22 bits per heavy atom. The lowest BCUT2D eigenvalue weighted by atomic mass is 10.1. The molecule has 0 aromatic heterocycles. The second-order valence-corrected chi connectivity index (χ2v) is 4.62. The highest BCUT2D eigenvalue weighted by Crippen LogP contribution is 2.26. The van der Waals surface area contributed by atoms with Crippen molar-refractivity contribution in [3.8, 4) is 11.5 Å². The molecule has 0 aliphatic carbocycles. The first-order valence-corrected chi connectivity index (χ1v) is 6.84. The molecule has 3 heteroatoms. The molecule has 1 rings (SSSR count). The highest BCUT2D eigenvalue weighted by Gasteiger charge is 2.03. The molecule has 18 heavy (non-hydrogen) atoms. The predicted octanol–water partition coefficient (Wildman–Crippen LogP) is 3.37. The molecule has 0 saturated heterocycles. The minimum absolute atomic E-state index is 0.283. The van der Waals surface area contributed by atoms with E-state index in [4.69, 9.17) is 15.2 Å². The summed E-state index contributed by atoms with van der Waals surface area (Å²) in [6, 6.07) is 8.12. The Morgan fingerprint density at radius 1 is 1.06 bits per heavy atom. The number of ether oxygens (including phenoxy) is 2. The van der Waals surface area contributed by atoms with E-state index in [1.807, 2.05) is 31.2 Å². The molecule has 1 unspecified atom stereocenters. The van der Waals surface area contributed by atoms with Crippen LogP contribution in [0, 0.1) is 0 Å². The summed E-state index contributed by atoms with van der Waals surface area (Å²) in [5, 5.41) is 0. The average Bonchev–Trinajstić information content (AvgIpc) is 2.36. The van der Waals surface area contributed by atoms with Gasteiger partial charge in [0.25, 0.3) is 0 Å². The third-order valence-electron chi connectivity index (χ3n) is 2.62. The molecule has 1 atom stereocenters. The number of para-hydroxylation sites is 2. The van der Waals surface area contributed by atoms with Crippen LogP contribution in [0.1, 0.15) is 39.5 Å². The number of nitrogens with two attached hydrogens (primary N) is 1. The molecule has 2 N–H and O–H groups in total. The maximum atomic E-state index is 5.75. The largest absolute Gasteiger partial charge is 0.490 e. The van der Waals surface area contributed by atoms with Crippen LogP contribution < -0.4 is 15.2 Å². The van der Waals surface area contributed by atoms with Gasteiger partial charge in [0, 0.05) is 6.04 Å². The summed E-state index contributed by atoms with van der Waals surface area (Å²) < 4.78 is 11.4. The fourth-order valence-electron chi connectivity index (χ4n) is 1.65. The molecule has 0 spiro atoms. The number of rotatable bonds is 9. The van der Waals surface area contributed by atoms with E-state index in [9.17, 15) is 0 Å². The van der Waals surface area contributed by atoms with Crippen molar-refractivity contribution in [1.82, 2.24) is 0 Å². The summed E-state index contributed by atoms with van der Waals surface area (Å²) in [5.74, 6) is 1.68. The standard InChI is InChI=1S/C15H25NO2/c1-3-11-17-14-9-4-5-10-15(14)18-12-7-6-8-13(2)16/h4-5,9-10,13H,3,6-8,11-12,16H2,1-2H3. The minimum Gasteiger partial charge on any atom is -0.490 e. The van der Waals surface area contributed by atoms with Gasteiger partial charge in [-0.15, -0.1) is 0 Å². The fraction of sp³-hybridized carbons (Fsp3) is 0.600. The first kappa shape index (κ1) is 14.8. The maximum absolute atomic E-state index is 5.75. The molecule has 1 aromatic carbocycles. The Bertz CT molecular complexity index is 326. The highest BCUT2D eigenvalue weighted by atomic mass is 16.5. The third kappa shape index (κ3) is 5.92. The van der Waals surface area contributed by atoms with Gasteiger partial charge in [0.2, 0.25) is 0 Å². The van der Waals surface area contributed by atoms with E-state index in [0.717, 1.165) is 50.4 Å². The zero-order valence-corrected chi connectivity index (χ0v) is 11.5. The number of hydrogen-bond donors (Lipinski definition) is 1. The SMILES string of the molecule is CCCOc1ccccc1OCCCCC(C)N. The summed E-state index contributed by atoms with van der Waals surface area (Å²) in [6.45, 7) is 5.58. The van der Waals surface area contributed by atoms with Crippen LogP contribution in [-0.4, -0.2) is 19.3 Å². The van der Waals surface area contributed by atoms with Gasteiger partial charge in [-0.25, -0.2) is 0 Å². The van der Waals surface area contributed by atoms with Crippen LogP contribution in [0.3, 0.4) is 0 Å². The van der Waals surface area contributed by atoms with Crippen LogP contribution >= 0.6 is 0 Å². The smallest absolute Gasteiger partial charge is 0.161 e. The summed E-state index contributed by atoms with van der Waals surface area (Å²) in [4.78, 5) is 0. The van der Waals surface area contributed by atoms with E-state index >= 15 is 0 Å². The Morgan fingerprint density at radius 2 is 1.67 bits per heavy atom. The molecule has 0 amide bonds. The molecule has 0 bridgehead atoms. The van der Waals surface area contributed by atoms with Gasteiger partial charge in [-0.3, -0.25) is 0 Å². The number of hydrogen-bond acceptors (Lipinski definition) is 3. The van der Waals surface area contributed by atoms with Crippen LogP contribution in [0.15, 0.2) is 24.3 Å². The van der Waals surface area contributed by atoms with Crippen molar-refractivity contribution >= 4 is 0 Å². The van der Waals surface area contributed by atoms with E-state index in [2.05, 4.69) is 6.92 Å². The molecule has 0 radical (unpaired) electrons. The van der Waals surface area contributed by atoms with Crippen molar-refractivity contribution in [2.45, 2.75) is 45.6 Å². The Balaban J connectivity index is 2.32. The van der Waals surface area contributed by atoms with Gasteiger partial charge in [-0.2, -0.15) is 0 Å². The van der Waals surface area contributed by atoms with E-state index < -0.39 is 0 Å². The number of unbranched alkanes of at least 4 members (excludes halogenated alkanes) is 1. The van der Waals surface area contributed by atoms with Gasteiger partial charge in [-0.1, -0.05) is 19.1 Å². The molecule has 0 aliphatic heterocycles. The lowest BCUT2D eigenvalue weighted by Gasteiger charge is -2.12. The normalized spacial score (nSPS) is 12.2. The van der Waals surface area contributed by atoms with Crippen LogP contribution in [0.25, 0.3) is 0 Å². The minimum atomic E-state index is 0.283. The van der Waals surface area contributed by atoms with Crippen molar-refractivity contribution in [3.63, 3.8) is 0 Å². The maximum Gasteiger partial charge on any atom is 0.161 e. The van der Waals surface area contributed by atoms with Crippen LogP contribution in [-0.2, 0) is 0 Å². The molecule has 1 aromatic rings. The second-order valence-electron chi connectivity index (χ2n) is 4.62. The topological polar surface area (TPSA) is 44.5 Å².